The van der Waals surface area contributed by atoms with Crippen LogP contribution in [0.1, 0.15) is 18.5 Å². The molecule has 1 aromatic carbocycles. The Hall–Kier alpha value is -1.17. The zero-order valence-electron chi connectivity index (χ0n) is 11.2. The quantitative estimate of drug-likeness (QED) is 0.759. The van der Waals surface area contributed by atoms with Gasteiger partial charge in [-0.05, 0) is 13.0 Å². The molecule has 0 radical (unpaired) electrons. The Morgan fingerprint density at radius 1 is 1.22 bits per heavy atom. The standard InChI is InChI=1S/C13H20FNO3/c1-9(15-8-13(17-3)18-4)11-6-5-10(16-2)7-12(11)14/h5-7,9,13,15H,8H2,1-4H3. The number of rotatable bonds is 7. The molecule has 0 heterocycles. The number of methoxy groups -OCH3 is 3. The number of ether oxygens (including phenoxy) is 3. The van der Waals surface area contributed by atoms with E-state index in [0.717, 1.165) is 0 Å². The molecule has 102 valence electrons. The molecule has 0 amide bonds. The SMILES string of the molecule is COc1ccc(C(C)NCC(OC)OC)c(F)c1. The van der Waals surface area contributed by atoms with Crippen LogP contribution in [0.2, 0.25) is 0 Å². The van der Waals surface area contributed by atoms with Gasteiger partial charge in [-0.15, -0.1) is 0 Å². The Bertz CT molecular complexity index is 369. The molecule has 0 saturated carbocycles. The Labute approximate surface area is 107 Å². The van der Waals surface area contributed by atoms with Crippen LogP contribution in [0.5, 0.6) is 5.75 Å². The second kappa shape index (κ2) is 7.31. The van der Waals surface area contributed by atoms with Crippen molar-refractivity contribution >= 4 is 0 Å². The van der Waals surface area contributed by atoms with Crippen molar-refractivity contribution in [2.75, 3.05) is 27.9 Å². The summed E-state index contributed by atoms with van der Waals surface area (Å²) in [5, 5.41) is 3.15. The highest BCUT2D eigenvalue weighted by molar-refractivity contribution is 5.30. The van der Waals surface area contributed by atoms with Crippen LogP contribution in [0.25, 0.3) is 0 Å². The third-order valence-corrected chi connectivity index (χ3v) is 2.79. The molecule has 1 rings (SSSR count). The maximum Gasteiger partial charge on any atom is 0.169 e. The van der Waals surface area contributed by atoms with Gasteiger partial charge >= 0.3 is 0 Å². The van der Waals surface area contributed by atoms with Gasteiger partial charge in [0.1, 0.15) is 11.6 Å². The van der Waals surface area contributed by atoms with Crippen LogP contribution in [-0.4, -0.2) is 34.2 Å². The fourth-order valence-electron chi connectivity index (χ4n) is 1.63. The Balaban J connectivity index is 2.63. The Morgan fingerprint density at radius 3 is 2.39 bits per heavy atom. The molecule has 0 spiro atoms. The average Bonchev–Trinajstić information content (AvgIpc) is 2.39. The van der Waals surface area contributed by atoms with Gasteiger partial charge in [0.25, 0.3) is 0 Å². The van der Waals surface area contributed by atoms with E-state index in [4.69, 9.17) is 14.2 Å². The molecule has 0 aliphatic heterocycles. The normalized spacial score (nSPS) is 12.8. The van der Waals surface area contributed by atoms with E-state index in [1.165, 1.54) is 13.2 Å². The van der Waals surface area contributed by atoms with Crippen molar-refractivity contribution < 1.29 is 18.6 Å². The highest BCUT2D eigenvalue weighted by atomic mass is 19.1. The van der Waals surface area contributed by atoms with Gasteiger partial charge < -0.3 is 19.5 Å². The van der Waals surface area contributed by atoms with E-state index in [0.29, 0.717) is 17.9 Å². The van der Waals surface area contributed by atoms with E-state index in [9.17, 15) is 4.39 Å². The third-order valence-electron chi connectivity index (χ3n) is 2.79. The lowest BCUT2D eigenvalue weighted by atomic mass is 10.1. The predicted octanol–water partition coefficient (Wildman–Crippen LogP) is 2.10. The second-order valence-electron chi connectivity index (χ2n) is 3.92. The maximum atomic E-state index is 13.8. The fourth-order valence-corrected chi connectivity index (χ4v) is 1.63. The smallest absolute Gasteiger partial charge is 0.169 e. The molecule has 0 aliphatic rings. The second-order valence-corrected chi connectivity index (χ2v) is 3.92. The van der Waals surface area contributed by atoms with E-state index >= 15 is 0 Å². The lowest BCUT2D eigenvalue weighted by Gasteiger charge is -2.19. The molecule has 1 aromatic rings. The van der Waals surface area contributed by atoms with Crippen LogP contribution in [0, 0.1) is 5.82 Å². The van der Waals surface area contributed by atoms with Gasteiger partial charge in [0.15, 0.2) is 6.29 Å². The first-order valence-electron chi connectivity index (χ1n) is 5.74. The lowest BCUT2D eigenvalue weighted by molar-refractivity contribution is -0.0997. The van der Waals surface area contributed by atoms with Gasteiger partial charge in [0, 0.05) is 38.4 Å². The molecule has 4 nitrogen and oxygen atoms in total. The van der Waals surface area contributed by atoms with E-state index in [1.54, 1.807) is 26.4 Å². The van der Waals surface area contributed by atoms with Gasteiger partial charge in [-0.25, -0.2) is 4.39 Å². The summed E-state index contributed by atoms with van der Waals surface area (Å²) in [5.74, 6) is 0.218. The zero-order valence-corrected chi connectivity index (χ0v) is 11.2. The highest BCUT2D eigenvalue weighted by Gasteiger charge is 2.13. The third kappa shape index (κ3) is 3.94. The number of hydrogen-bond acceptors (Lipinski definition) is 4. The Morgan fingerprint density at radius 2 is 1.89 bits per heavy atom. The first-order chi connectivity index (χ1) is 8.62. The van der Waals surface area contributed by atoms with Crippen LogP contribution < -0.4 is 10.1 Å². The van der Waals surface area contributed by atoms with Crippen LogP contribution in [-0.2, 0) is 9.47 Å². The van der Waals surface area contributed by atoms with Crippen molar-refractivity contribution in [3.63, 3.8) is 0 Å². The minimum Gasteiger partial charge on any atom is -0.497 e. The molecular weight excluding hydrogens is 237 g/mol. The van der Waals surface area contributed by atoms with Crippen molar-refractivity contribution in [3.05, 3.63) is 29.6 Å². The van der Waals surface area contributed by atoms with Crippen molar-refractivity contribution in [2.45, 2.75) is 19.3 Å². The van der Waals surface area contributed by atoms with Crippen molar-refractivity contribution in [1.82, 2.24) is 5.32 Å². The Kier molecular flexibility index (Phi) is 6.04. The zero-order chi connectivity index (χ0) is 13.5. The molecule has 1 atom stereocenters. The highest BCUT2D eigenvalue weighted by Crippen LogP contribution is 2.21. The van der Waals surface area contributed by atoms with Crippen LogP contribution >= 0.6 is 0 Å². The van der Waals surface area contributed by atoms with Gasteiger partial charge in [0.05, 0.1) is 7.11 Å². The summed E-state index contributed by atoms with van der Waals surface area (Å²) in [5.41, 5.74) is 0.585. The van der Waals surface area contributed by atoms with E-state index in [2.05, 4.69) is 5.32 Å². The largest absolute Gasteiger partial charge is 0.497 e. The molecule has 1 N–H and O–H groups in total. The summed E-state index contributed by atoms with van der Waals surface area (Å²) < 4.78 is 28.9. The first kappa shape index (κ1) is 14.9. The lowest BCUT2D eigenvalue weighted by Crippen LogP contribution is -2.31. The summed E-state index contributed by atoms with van der Waals surface area (Å²) in [4.78, 5) is 0. The molecule has 5 heteroatoms. The van der Waals surface area contributed by atoms with Gasteiger partial charge in [-0.1, -0.05) is 6.07 Å². The summed E-state index contributed by atoms with van der Waals surface area (Å²) in [6.07, 6.45) is -0.339. The van der Waals surface area contributed by atoms with Gasteiger partial charge in [0.2, 0.25) is 0 Å². The molecule has 18 heavy (non-hydrogen) atoms. The summed E-state index contributed by atoms with van der Waals surface area (Å²) >= 11 is 0. The summed E-state index contributed by atoms with van der Waals surface area (Å²) in [7, 11) is 4.64. The molecular formula is C13H20FNO3. The number of benzene rings is 1. The summed E-state index contributed by atoms with van der Waals surface area (Å²) in [6, 6.07) is 4.68. The predicted molar refractivity (Wildman–Crippen MR) is 67.2 cm³/mol. The topological polar surface area (TPSA) is 39.7 Å². The number of hydrogen-bond donors (Lipinski definition) is 1. The first-order valence-corrected chi connectivity index (χ1v) is 5.74. The average molecular weight is 257 g/mol. The molecule has 0 aliphatic carbocycles. The van der Waals surface area contributed by atoms with E-state index < -0.39 is 0 Å². The van der Waals surface area contributed by atoms with E-state index in [1.807, 2.05) is 6.92 Å². The van der Waals surface area contributed by atoms with Crippen molar-refractivity contribution in [3.8, 4) is 5.75 Å². The molecule has 0 saturated heterocycles. The van der Waals surface area contributed by atoms with Crippen LogP contribution in [0.15, 0.2) is 18.2 Å². The van der Waals surface area contributed by atoms with Crippen molar-refractivity contribution in [2.24, 2.45) is 0 Å². The monoisotopic (exact) mass is 257 g/mol. The molecule has 0 fully saturated rings. The molecule has 0 bridgehead atoms. The minimum absolute atomic E-state index is 0.135. The maximum absolute atomic E-state index is 13.8. The minimum atomic E-state index is -0.339. The van der Waals surface area contributed by atoms with Gasteiger partial charge in [-0.3, -0.25) is 0 Å². The number of halogens is 1. The molecule has 1 unspecified atom stereocenters. The van der Waals surface area contributed by atoms with Crippen molar-refractivity contribution in [1.29, 1.82) is 0 Å². The van der Waals surface area contributed by atoms with Gasteiger partial charge in [-0.2, -0.15) is 0 Å². The fraction of sp³-hybridized carbons (Fsp3) is 0.538. The van der Waals surface area contributed by atoms with Crippen LogP contribution in [0.4, 0.5) is 4.39 Å². The number of nitrogens with one attached hydrogen (secondary N) is 1. The summed E-state index contributed by atoms with van der Waals surface area (Å²) in [6.45, 7) is 2.37. The van der Waals surface area contributed by atoms with E-state index in [-0.39, 0.29) is 18.1 Å². The van der Waals surface area contributed by atoms with Crippen LogP contribution in [0.3, 0.4) is 0 Å². The molecule has 0 aromatic heterocycles.